The normalized spacial score (nSPS) is 16.0. The van der Waals surface area contributed by atoms with E-state index < -0.39 is 5.60 Å². The van der Waals surface area contributed by atoms with Crippen LogP contribution in [0.2, 0.25) is 5.02 Å². The predicted octanol–water partition coefficient (Wildman–Crippen LogP) is 5.74. The summed E-state index contributed by atoms with van der Waals surface area (Å²) in [7, 11) is 0. The van der Waals surface area contributed by atoms with E-state index in [-0.39, 0.29) is 16.8 Å². The first-order valence-corrected chi connectivity index (χ1v) is 11.1. The standard InChI is InChI=1S/C22H30BrClN4O2/c1-13-6-7-15(12-25)18(19(13)24)17(20(23)26)14(2)27-16-8-10-28(11-9-16)21(29)30-22(3,4)5/h6-7,12,16,25-27H,8-11H2,1-5H3/b17-14-,25-12?,26-20?. The van der Waals surface area contributed by atoms with Crippen LogP contribution in [0, 0.1) is 17.7 Å². The lowest BCUT2D eigenvalue weighted by Gasteiger charge is -2.34. The summed E-state index contributed by atoms with van der Waals surface area (Å²) in [6.07, 6.45) is 2.53. The van der Waals surface area contributed by atoms with Gasteiger partial charge in [-0.15, -0.1) is 0 Å². The van der Waals surface area contributed by atoms with E-state index in [1.54, 1.807) is 4.90 Å². The van der Waals surface area contributed by atoms with Crippen LogP contribution in [0.3, 0.4) is 0 Å². The molecule has 0 atom stereocenters. The molecule has 0 unspecified atom stereocenters. The first kappa shape index (κ1) is 24.4. The van der Waals surface area contributed by atoms with Crippen molar-refractivity contribution in [2.75, 3.05) is 13.1 Å². The number of allylic oxidation sites excluding steroid dienone is 2. The molecule has 30 heavy (non-hydrogen) atoms. The predicted molar refractivity (Wildman–Crippen MR) is 127 cm³/mol. The van der Waals surface area contributed by atoms with Gasteiger partial charge in [0.1, 0.15) is 10.2 Å². The number of carbonyl (C=O) groups excluding carboxylic acids is 1. The lowest BCUT2D eigenvalue weighted by molar-refractivity contribution is 0.0201. The maximum atomic E-state index is 12.3. The van der Waals surface area contributed by atoms with E-state index in [9.17, 15) is 4.79 Å². The second-order valence-electron chi connectivity index (χ2n) is 8.50. The zero-order valence-electron chi connectivity index (χ0n) is 18.2. The van der Waals surface area contributed by atoms with Gasteiger partial charge in [0.2, 0.25) is 0 Å². The molecule has 0 bridgehead atoms. The molecule has 0 aliphatic carbocycles. The molecular formula is C22H30BrClN4O2. The van der Waals surface area contributed by atoms with Gasteiger partial charge in [-0.3, -0.25) is 5.41 Å². The SMILES string of the molecule is C/C(NC1CCN(C(=O)OC(C)(C)C)CC1)=C(/C(=N)Br)c1c(C=N)ccc(C)c1Cl. The molecule has 1 aliphatic heterocycles. The summed E-state index contributed by atoms with van der Waals surface area (Å²) < 4.78 is 5.66. The Balaban J connectivity index is 2.20. The minimum Gasteiger partial charge on any atom is -0.444 e. The monoisotopic (exact) mass is 496 g/mol. The molecule has 1 amide bonds. The van der Waals surface area contributed by atoms with E-state index in [1.807, 2.05) is 46.8 Å². The zero-order valence-corrected chi connectivity index (χ0v) is 20.5. The van der Waals surface area contributed by atoms with Crippen molar-refractivity contribution in [1.82, 2.24) is 10.2 Å². The van der Waals surface area contributed by atoms with Crippen LogP contribution in [0.4, 0.5) is 4.79 Å². The Labute approximate surface area is 192 Å². The molecule has 1 aliphatic rings. The van der Waals surface area contributed by atoms with Gasteiger partial charge in [0.05, 0.1) is 5.02 Å². The van der Waals surface area contributed by atoms with Crippen molar-refractivity contribution < 1.29 is 9.53 Å². The van der Waals surface area contributed by atoms with Crippen molar-refractivity contribution in [3.63, 3.8) is 0 Å². The Bertz CT molecular complexity index is 869. The summed E-state index contributed by atoms with van der Waals surface area (Å²) in [4.78, 5) is 14.0. The Morgan fingerprint density at radius 3 is 2.43 bits per heavy atom. The van der Waals surface area contributed by atoms with Gasteiger partial charge in [0, 0.05) is 47.7 Å². The zero-order chi connectivity index (χ0) is 22.6. The summed E-state index contributed by atoms with van der Waals surface area (Å²) in [5.41, 5.74) is 3.16. The average Bonchev–Trinajstić information content (AvgIpc) is 2.64. The molecule has 2 rings (SSSR count). The van der Waals surface area contributed by atoms with Crippen LogP contribution in [-0.4, -0.2) is 46.6 Å². The third-order valence-electron chi connectivity index (χ3n) is 4.93. The van der Waals surface area contributed by atoms with Crippen molar-refractivity contribution >= 4 is 50.0 Å². The fraction of sp³-hybridized carbons (Fsp3) is 0.500. The van der Waals surface area contributed by atoms with Gasteiger partial charge in [-0.05, 0) is 69.0 Å². The van der Waals surface area contributed by atoms with Crippen LogP contribution in [0.5, 0.6) is 0 Å². The second-order valence-corrected chi connectivity index (χ2v) is 9.68. The first-order chi connectivity index (χ1) is 13.9. The molecular weight excluding hydrogens is 468 g/mol. The molecule has 0 radical (unpaired) electrons. The minimum atomic E-state index is -0.504. The smallest absolute Gasteiger partial charge is 0.410 e. The van der Waals surface area contributed by atoms with Crippen molar-refractivity contribution in [3.8, 4) is 0 Å². The van der Waals surface area contributed by atoms with Crippen LogP contribution in [0.15, 0.2) is 17.8 Å². The lowest BCUT2D eigenvalue weighted by atomic mass is 9.96. The van der Waals surface area contributed by atoms with Gasteiger partial charge in [0.25, 0.3) is 0 Å². The molecule has 6 nitrogen and oxygen atoms in total. The van der Waals surface area contributed by atoms with Crippen LogP contribution in [0.1, 0.15) is 57.2 Å². The number of rotatable bonds is 5. The van der Waals surface area contributed by atoms with Crippen molar-refractivity contribution in [2.45, 2.75) is 59.1 Å². The van der Waals surface area contributed by atoms with Gasteiger partial charge >= 0.3 is 6.09 Å². The number of halogens is 2. The van der Waals surface area contributed by atoms with E-state index in [1.165, 1.54) is 6.21 Å². The molecule has 164 valence electrons. The summed E-state index contributed by atoms with van der Waals surface area (Å²) in [6, 6.07) is 3.88. The topological polar surface area (TPSA) is 89.3 Å². The Hall–Kier alpha value is -1.86. The Morgan fingerprint density at radius 1 is 1.33 bits per heavy atom. The number of ether oxygens (including phenoxy) is 1. The molecule has 1 saturated heterocycles. The highest BCUT2D eigenvalue weighted by molar-refractivity contribution is 9.18. The molecule has 1 aromatic carbocycles. The van der Waals surface area contributed by atoms with Crippen LogP contribution < -0.4 is 5.32 Å². The van der Waals surface area contributed by atoms with E-state index >= 15 is 0 Å². The second kappa shape index (κ2) is 9.96. The summed E-state index contributed by atoms with van der Waals surface area (Å²) >= 11 is 9.87. The molecule has 8 heteroatoms. The molecule has 0 spiro atoms. The highest BCUT2D eigenvalue weighted by Crippen LogP contribution is 2.33. The quantitative estimate of drug-likeness (QED) is 0.453. The number of carbonyl (C=O) groups is 1. The highest BCUT2D eigenvalue weighted by Gasteiger charge is 2.27. The van der Waals surface area contributed by atoms with Crippen molar-refractivity contribution in [1.29, 1.82) is 10.8 Å². The third-order valence-corrected chi connectivity index (χ3v) is 5.82. The number of likely N-dealkylation sites (tertiary alicyclic amines) is 1. The van der Waals surface area contributed by atoms with Gasteiger partial charge in [-0.2, -0.15) is 0 Å². The number of aryl methyl sites for hydroxylation is 1. The first-order valence-electron chi connectivity index (χ1n) is 9.94. The number of benzene rings is 1. The molecule has 0 aromatic heterocycles. The summed E-state index contributed by atoms with van der Waals surface area (Å²) in [5.74, 6) is 0. The molecule has 1 fully saturated rings. The van der Waals surface area contributed by atoms with Gasteiger partial charge in [-0.25, -0.2) is 4.79 Å². The fourth-order valence-electron chi connectivity index (χ4n) is 3.44. The molecule has 1 aromatic rings. The number of amides is 1. The maximum Gasteiger partial charge on any atom is 0.410 e. The van der Waals surface area contributed by atoms with Gasteiger partial charge in [-0.1, -0.05) is 23.7 Å². The fourth-order valence-corrected chi connectivity index (χ4v) is 4.20. The highest BCUT2D eigenvalue weighted by atomic mass is 79.9. The number of hydrogen-bond acceptors (Lipinski definition) is 5. The maximum absolute atomic E-state index is 12.3. The van der Waals surface area contributed by atoms with Crippen LogP contribution >= 0.6 is 27.5 Å². The van der Waals surface area contributed by atoms with Gasteiger partial charge < -0.3 is 20.4 Å². The van der Waals surface area contributed by atoms with E-state index in [4.69, 9.17) is 27.2 Å². The van der Waals surface area contributed by atoms with E-state index in [0.717, 1.165) is 24.1 Å². The third kappa shape index (κ3) is 6.08. The lowest BCUT2D eigenvalue weighted by Crippen LogP contribution is -2.46. The summed E-state index contributed by atoms with van der Waals surface area (Å²) in [5, 5.41) is 20.0. The largest absolute Gasteiger partial charge is 0.444 e. The molecule has 0 saturated carbocycles. The minimum absolute atomic E-state index is 0.164. The summed E-state index contributed by atoms with van der Waals surface area (Å²) in [6.45, 7) is 10.6. The number of hydrogen-bond donors (Lipinski definition) is 3. The molecule has 3 N–H and O–H groups in total. The van der Waals surface area contributed by atoms with Gasteiger partial charge in [0.15, 0.2) is 0 Å². The number of nitrogens with one attached hydrogen (secondary N) is 3. The van der Waals surface area contributed by atoms with E-state index in [2.05, 4.69) is 21.2 Å². The number of piperidine rings is 1. The van der Waals surface area contributed by atoms with Crippen molar-refractivity contribution in [3.05, 3.63) is 39.5 Å². The van der Waals surface area contributed by atoms with Crippen molar-refractivity contribution in [2.24, 2.45) is 0 Å². The Morgan fingerprint density at radius 2 is 1.93 bits per heavy atom. The van der Waals surface area contributed by atoms with Crippen LogP contribution in [-0.2, 0) is 4.74 Å². The number of nitrogens with zero attached hydrogens (tertiary/aromatic N) is 1. The Kier molecular flexibility index (Phi) is 8.11. The average molecular weight is 498 g/mol. The van der Waals surface area contributed by atoms with Crippen LogP contribution in [0.25, 0.3) is 5.57 Å². The van der Waals surface area contributed by atoms with E-state index in [0.29, 0.717) is 34.8 Å². The molecule has 1 heterocycles.